The minimum absolute atomic E-state index is 0.147. The summed E-state index contributed by atoms with van der Waals surface area (Å²) >= 11 is 0. The highest BCUT2D eigenvalue weighted by Gasteiger charge is 2.40. The molecule has 1 aromatic carbocycles. The molecule has 0 radical (unpaired) electrons. The van der Waals surface area contributed by atoms with E-state index in [2.05, 4.69) is 47.1 Å². The number of nitrogens with one attached hydrogen (secondary N) is 1. The van der Waals surface area contributed by atoms with E-state index in [4.69, 9.17) is 0 Å². The van der Waals surface area contributed by atoms with Crippen LogP contribution >= 0.6 is 0 Å². The lowest BCUT2D eigenvalue weighted by Crippen LogP contribution is -2.49. The molecule has 0 saturated heterocycles. The van der Waals surface area contributed by atoms with Crippen LogP contribution in [-0.4, -0.2) is 33.1 Å². The summed E-state index contributed by atoms with van der Waals surface area (Å²) < 4.78 is 2.13. The average Bonchev–Trinajstić information content (AvgIpc) is 3.02. The first-order valence-electron chi connectivity index (χ1n) is 7.44. The maximum atomic E-state index is 9.80. The molecule has 1 aliphatic carbocycles. The van der Waals surface area contributed by atoms with E-state index < -0.39 is 0 Å². The monoisotopic (exact) mass is 273 g/mol. The molecule has 1 fully saturated rings. The summed E-state index contributed by atoms with van der Waals surface area (Å²) in [5.41, 5.74) is 1.04. The van der Waals surface area contributed by atoms with Gasteiger partial charge in [0.05, 0.1) is 24.4 Å². The molecule has 4 nitrogen and oxygen atoms in total. The Morgan fingerprint density at radius 2 is 2.25 bits per heavy atom. The second-order valence-corrected chi connectivity index (χ2v) is 6.28. The van der Waals surface area contributed by atoms with Crippen molar-refractivity contribution in [3.63, 3.8) is 0 Å². The van der Waals surface area contributed by atoms with Crippen LogP contribution in [0.1, 0.15) is 39.2 Å². The number of benzene rings is 1. The Hall–Kier alpha value is -1.39. The van der Waals surface area contributed by atoms with E-state index >= 15 is 0 Å². The fraction of sp³-hybridized carbons (Fsp3) is 0.562. The number of hydrogen-bond acceptors (Lipinski definition) is 3. The van der Waals surface area contributed by atoms with E-state index in [0.717, 1.165) is 19.3 Å². The highest BCUT2D eigenvalue weighted by Crippen LogP contribution is 2.38. The lowest BCUT2D eigenvalue weighted by Gasteiger charge is -2.31. The molecule has 0 amide bonds. The van der Waals surface area contributed by atoms with Crippen molar-refractivity contribution in [3.8, 4) is 0 Å². The molecule has 1 heterocycles. The van der Waals surface area contributed by atoms with Crippen molar-refractivity contribution < 1.29 is 5.11 Å². The molecule has 108 valence electrons. The lowest BCUT2D eigenvalue weighted by molar-refractivity contribution is 0.151. The second kappa shape index (κ2) is 5.19. The van der Waals surface area contributed by atoms with Gasteiger partial charge in [-0.3, -0.25) is 4.68 Å². The number of aliphatic hydroxyl groups is 1. The summed E-state index contributed by atoms with van der Waals surface area (Å²) in [7, 11) is 0. The lowest BCUT2D eigenvalue weighted by atomic mass is 9.97. The van der Waals surface area contributed by atoms with Gasteiger partial charge in [-0.05, 0) is 25.3 Å². The highest BCUT2D eigenvalue weighted by atomic mass is 16.3. The molecule has 2 aromatic rings. The predicted molar refractivity (Wildman–Crippen MR) is 80.7 cm³/mol. The maximum absolute atomic E-state index is 9.80. The van der Waals surface area contributed by atoms with Crippen molar-refractivity contribution in [1.29, 1.82) is 0 Å². The first kappa shape index (κ1) is 13.6. The van der Waals surface area contributed by atoms with Crippen LogP contribution in [0.4, 0.5) is 0 Å². The molecule has 1 aromatic heterocycles. The summed E-state index contributed by atoms with van der Waals surface area (Å²) in [6.45, 7) is 4.46. The van der Waals surface area contributed by atoms with Gasteiger partial charge in [0.1, 0.15) is 0 Å². The van der Waals surface area contributed by atoms with Crippen LogP contribution in [0.3, 0.4) is 0 Å². The third-order valence-corrected chi connectivity index (χ3v) is 4.33. The average molecular weight is 273 g/mol. The van der Waals surface area contributed by atoms with Crippen molar-refractivity contribution in [2.24, 2.45) is 0 Å². The smallest absolute Gasteiger partial charge is 0.0685 e. The van der Waals surface area contributed by atoms with Gasteiger partial charge in [-0.25, -0.2) is 0 Å². The Morgan fingerprint density at radius 3 is 3.00 bits per heavy atom. The van der Waals surface area contributed by atoms with Crippen LogP contribution < -0.4 is 5.32 Å². The van der Waals surface area contributed by atoms with Gasteiger partial charge in [0.2, 0.25) is 0 Å². The zero-order valence-corrected chi connectivity index (χ0v) is 12.2. The van der Waals surface area contributed by atoms with Crippen LogP contribution in [0.25, 0.3) is 10.9 Å². The molecule has 0 bridgehead atoms. The van der Waals surface area contributed by atoms with Gasteiger partial charge in [-0.2, -0.15) is 5.10 Å². The molecule has 4 heteroatoms. The van der Waals surface area contributed by atoms with Gasteiger partial charge in [0.25, 0.3) is 0 Å². The third-order valence-electron chi connectivity index (χ3n) is 4.33. The third kappa shape index (κ3) is 2.34. The fourth-order valence-corrected chi connectivity index (χ4v) is 3.52. The van der Waals surface area contributed by atoms with Crippen molar-refractivity contribution >= 4 is 10.9 Å². The Morgan fingerprint density at radius 1 is 1.45 bits per heavy atom. The van der Waals surface area contributed by atoms with E-state index in [0.29, 0.717) is 12.1 Å². The molecular formula is C16H23N3O. The first-order chi connectivity index (χ1) is 9.63. The van der Waals surface area contributed by atoms with Gasteiger partial charge < -0.3 is 10.4 Å². The van der Waals surface area contributed by atoms with Gasteiger partial charge in [0, 0.05) is 17.0 Å². The molecule has 0 aliphatic heterocycles. The van der Waals surface area contributed by atoms with Crippen molar-refractivity contribution in [1.82, 2.24) is 15.1 Å². The number of aliphatic hydroxyl groups excluding tert-OH is 1. The Bertz CT molecular complexity index is 592. The van der Waals surface area contributed by atoms with E-state index in [-0.39, 0.29) is 12.1 Å². The summed E-state index contributed by atoms with van der Waals surface area (Å²) in [6, 6.07) is 9.07. The number of rotatable bonds is 4. The van der Waals surface area contributed by atoms with E-state index in [1.807, 2.05) is 12.3 Å². The minimum atomic E-state index is -0.147. The molecule has 1 aliphatic rings. The van der Waals surface area contributed by atoms with Crippen LogP contribution in [0.5, 0.6) is 0 Å². The molecule has 20 heavy (non-hydrogen) atoms. The van der Waals surface area contributed by atoms with Crippen LogP contribution in [-0.2, 0) is 0 Å². The molecule has 2 atom stereocenters. The number of hydrogen-bond donors (Lipinski definition) is 2. The SMILES string of the molecule is CC(C)NC1(CO)CCC(n2ncc3ccccc32)C1. The van der Waals surface area contributed by atoms with Crippen LogP contribution in [0.15, 0.2) is 30.5 Å². The van der Waals surface area contributed by atoms with Crippen molar-refractivity contribution in [2.75, 3.05) is 6.61 Å². The molecular weight excluding hydrogens is 250 g/mol. The predicted octanol–water partition coefficient (Wildman–Crippen LogP) is 2.49. The van der Waals surface area contributed by atoms with Crippen LogP contribution in [0.2, 0.25) is 0 Å². The number of para-hydroxylation sites is 1. The summed E-state index contributed by atoms with van der Waals surface area (Å²) in [6.07, 6.45) is 4.93. The molecule has 3 rings (SSSR count). The zero-order valence-electron chi connectivity index (χ0n) is 12.2. The first-order valence-corrected chi connectivity index (χ1v) is 7.44. The van der Waals surface area contributed by atoms with Gasteiger partial charge in [0.15, 0.2) is 0 Å². The molecule has 2 unspecified atom stereocenters. The Kier molecular flexibility index (Phi) is 3.52. The number of nitrogens with zero attached hydrogens (tertiary/aromatic N) is 2. The summed E-state index contributed by atoms with van der Waals surface area (Å²) in [5, 5.41) is 19.1. The Balaban J connectivity index is 1.86. The van der Waals surface area contributed by atoms with Crippen molar-refractivity contribution in [3.05, 3.63) is 30.5 Å². The van der Waals surface area contributed by atoms with Crippen LogP contribution in [0, 0.1) is 0 Å². The topological polar surface area (TPSA) is 50.1 Å². The standard InChI is InChI=1S/C16H23N3O/c1-12(2)18-16(11-20)8-7-14(9-16)19-15-6-4-3-5-13(15)10-17-19/h3-6,10,12,14,18,20H,7-9,11H2,1-2H3. The van der Waals surface area contributed by atoms with E-state index in [9.17, 15) is 5.11 Å². The molecule has 0 spiro atoms. The van der Waals surface area contributed by atoms with E-state index in [1.54, 1.807) is 0 Å². The maximum Gasteiger partial charge on any atom is 0.0685 e. The second-order valence-electron chi connectivity index (χ2n) is 6.28. The quantitative estimate of drug-likeness (QED) is 0.900. The summed E-state index contributed by atoms with van der Waals surface area (Å²) in [4.78, 5) is 0. The van der Waals surface area contributed by atoms with Gasteiger partial charge in [-0.15, -0.1) is 0 Å². The van der Waals surface area contributed by atoms with Gasteiger partial charge in [-0.1, -0.05) is 32.0 Å². The highest BCUT2D eigenvalue weighted by molar-refractivity contribution is 5.78. The van der Waals surface area contributed by atoms with Gasteiger partial charge >= 0.3 is 0 Å². The Labute approximate surface area is 119 Å². The number of aromatic nitrogens is 2. The fourth-order valence-electron chi connectivity index (χ4n) is 3.52. The molecule has 2 N–H and O–H groups in total. The summed E-state index contributed by atoms with van der Waals surface area (Å²) in [5.74, 6) is 0. The molecule has 1 saturated carbocycles. The van der Waals surface area contributed by atoms with Crippen molar-refractivity contribution in [2.45, 2.75) is 50.7 Å². The largest absolute Gasteiger partial charge is 0.394 e. The van der Waals surface area contributed by atoms with E-state index in [1.165, 1.54) is 10.9 Å². The normalized spacial score (nSPS) is 26.7. The minimum Gasteiger partial charge on any atom is -0.394 e. The number of fused-ring (bicyclic) bond motifs is 1. The zero-order chi connectivity index (χ0) is 14.2.